The molecule has 1 aromatic rings. The van der Waals surface area contributed by atoms with Crippen LogP contribution in [0.15, 0.2) is 12.1 Å². The van der Waals surface area contributed by atoms with E-state index in [4.69, 9.17) is 10.2 Å². The fourth-order valence-electron chi connectivity index (χ4n) is 1.30. The van der Waals surface area contributed by atoms with Crippen LogP contribution in [0.3, 0.4) is 0 Å². The van der Waals surface area contributed by atoms with Gasteiger partial charge in [0.05, 0.1) is 0 Å². The number of hydrogen-bond donors (Lipinski definition) is 2. The van der Waals surface area contributed by atoms with Crippen molar-refractivity contribution in [2.75, 3.05) is 24.6 Å². The second-order valence-corrected chi connectivity index (χ2v) is 3.24. The summed E-state index contributed by atoms with van der Waals surface area (Å²) in [6.07, 6.45) is 0.649. The van der Waals surface area contributed by atoms with Gasteiger partial charge in [-0.05, 0) is 25.5 Å². The molecule has 0 aliphatic heterocycles. The molecule has 2 N–H and O–H groups in total. The monoisotopic (exact) mass is 225 g/mol. The van der Waals surface area contributed by atoms with Crippen LogP contribution in [-0.2, 0) is 0 Å². The maximum absolute atomic E-state index is 10.6. The van der Waals surface area contributed by atoms with E-state index in [2.05, 4.69) is 10.2 Å². The molecular weight excluding hydrogens is 210 g/mol. The third kappa shape index (κ3) is 3.16. The molecule has 6 nitrogen and oxygen atoms in total. The molecular formula is C10H15N3O3. The van der Waals surface area contributed by atoms with Crippen LogP contribution < -0.4 is 4.90 Å². The number of aliphatic hydroxyl groups is 1. The van der Waals surface area contributed by atoms with Gasteiger partial charge in [0.25, 0.3) is 0 Å². The van der Waals surface area contributed by atoms with E-state index in [-0.39, 0.29) is 12.3 Å². The Kier molecular flexibility index (Phi) is 4.65. The van der Waals surface area contributed by atoms with E-state index in [1.54, 1.807) is 6.07 Å². The van der Waals surface area contributed by atoms with Gasteiger partial charge < -0.3 is 15.1 Å². The summed E-state index contributed by atoms with van der Waals surface area (Å²) < 4.78 is 0. The molecule has 0 unspecified atom stereocenters. The van der Waals surface area contributed by atoms with Crippen LogP contribution in [0, 0.1) is 0 Å². The molecule has 0 aliphatic rings. The zero-order chi connectivity index (χ0) is 12.0. The molecule has 16 heavy (non-hydrogen) atoms. The second kappa shape index (κ2) is 6.02. The lowest BCUT2D eigenvalue weighted by atomic mass is 10.3. The molecule has 0 spiro atoms. The van der Waals surface area contributed by atoms with Crippen molar-refractivity contribution < 1.29 is 15.0 Å². The van der Waals surface area contributed by atoms with Gasteiger partial charge in [-0.15, -0.1) is 10.2 Å². The van der Waals surface area contributed by atoms with E-state index < -0.39 is 5.97 Å². The standard InChI is InChI=1S/C10H15N3O3/c1-2-13(6-3-7-14)9-5-4-8(10(15)16)11-12-9/h4-5,14H,2-3,6-7H2,1H3,(H,15,16). The number of carboxylic acids is 1. The third-order valence-corrected chi connectivity index (χ3v) is 2.16. The summed E-state index contributed by atoms with van der Waals surface area (Å²) in [6, 6.07) is 3.05. The highest BCUT2D eigenvalue weighted by Gasteiger charge is 2.09. The van der Waals surface area contributed by atoms with Crippen LogP contribution in [0.25, 0.3) is 0 Å². The fraction of sp³-hybridized carbons (Fsp3) is 0.500. The van der Waals surface area contributed by atoms with Crippen molar-refractivity contribution in [2.24, 2.45) is 0 Å². The van der Waals surface area contributed by atoms with Crippen molar-refractivity contribution in [3.8, 4) is 0 Å². The van der Waals surface area contributed by atoms with Crippen molar-refractivity contribution in [1.82, 2.24) is 10.2 Å². The summed E-state index contributed by atoms with van der Waals surface area (Å²) in [5, 5.41) is 24.8. The van der Waals surface area contributed by atoms with Gasteiger partial charge in [-0.1, -0.05) is 0 Å². The zero-order valence-corrected chi connectivity index (χ0v) is 9.13. The largest absolute Gasteiger partial charge is 0.476 e. The van der Waals surface area contributed by atoms with Crippen LogP contribution in [-0.4, -0.2) is 46.1 Å². The Morgan fingerprint density at radius 3 is 2.62 bits per heavy atom. The lowest BCUT2D eigenvalue weighted by Crippen LogP contribution is -2.26. The first-order valence-corrected chi connectivity index (χ1v) is 5.12. The molecule has 6 heteroatoms. The molecule has 0 saturated heterocycles. The summed E-state index contributed by atoms with van der Waals surface area (Å²) >= 11 is 0. The SMILES string of the molecule is CCN(CCCO)c1ccc(C(=O)O)nn1. The Hall–Kier alpha value is -1.69. The number of carboxylic acid groups (broad SMARTS) is 1. The smallest absolute Gasteiger partial charge is 0.356 e. The van der Waals surface area contributed by atoms with Crippen molar-refractivity contribution in [1.29, 1.82) is 0 Å². The van der Waals surface area contributed by atoms with Crippen LogP contribution in [0.4, 0.5) is 5.82 Å². The predicted molar refractivity (Wildman–Crippen MR) is 58.6 cm³/mol. The molecule has 0 radical (unpaired) electrons. The molecule has 0 fully saturated rings. The summed E-state index contributed by atoms with van der Waals surface area (Å²) in [6.45, 7) is 3.50. The molecule has 0 amide bonds. The Labute approximate surface area is 93.5 Å². The van der Waals surface area contributed by atoms with E-state index in [0.29, 0.717) is 18.8 Å². The molecule has 0 saturated carbocycles. The topological polar surface area (TPSA) is 86.5 Å². The van der Waals surface area contributed by atoms with Gasteiger partial charge in [-0.3, -0.25) is 0 Å². The number of rotatable bonds is 6. The van der Waals surface area contributed by atoms with Gasteiger partial charge in [0.1, 0.15) is 0 Å². The van der Waals surface area contributed by atoms with Crippen LogP contribution in [0.5, 0.6) is 0 Å². The number of aromatic nitrogens is 2. The molecule has 1 aromatic heterocycles. The number of carbonyl (C=O) groups is 1. The van der Waals surface area contributed by atoms with E-state index >= 15 is 0 Å². The zero-order valence-electron chi connectivity index (χ0n) is 9.13. The number of aromatic carboxylic acids is 1. The van der Waals surface area contributed by atoms with E-state index in [1.165, 1.54) is 6.07 Å². The minimum absolute atomic E-state index is 0.0676. The van der Waals surface area contributed by atoms with Crippen LogP contribution >= 0.6 is 0 Å². The fourth-order valence-corrected chi connectivity index (χ4v) is 1.30. The summed E-state index contributed by atoms with van der Waals surface area (Å²) in [5.41, 5.74) is -0.0676. The van der Waals surface area contributed by atoms with E-state index in [9.17, 15) is 4.79 Å². The van der Waals surface area contributed by atoms with Gasteiger partial charge in [0, 0.05) is 19.7 Å². The molecule has 1 heterocycles. The molecule has 88 valence electrons. The van der Waals surface area contributed by atoms with Gasteiger partial charge in [0.15, 0.2) is 11.5 Å². The van der Waals surface area contributed by atoms with Gasteiger partial charge in [-0.2, -0.15) is 0 Å². The number of anilines is 1. The highest BCUT2D eigenvalue weighted by Crippen LogP contribution is 2.09. The quantitative estimate of drug-likeness (QED) is 0.728. The van der Waals surface area contributed by atoms with Crippen molar-refractivity contribution in [2.45, 2.75) is 13.3 Å². The number of aliphatic hydroxyl groups excluding tert-OH is 1. The minimum atomic E-state index is -1.09. The van der Waals surface area contributed by atoms with Gasteiger partial charge in [0.2, 0.25) is 0 Å². The maximum atomic E-state index is 10.6. The third-order valence-electron chi connectivity index (χ3n) is 2.16. The van der Waals surface area contributed by atoms with Gasteiger partial charge >= 0.3 is 5.97 Å². The highest BCUT2D eigenvalue weighted by atomic mass is 16.4. The van der Waals surface area contributed by atoms with Crippen molar-refractivity contribution in [3.05, 3.63) is 17.8 Å². The normalized spacial score (nSPS) is 10.1. The first-order chi connectivity index (χ1) is 7.69. The first-order valence-electron chi connectivity index (χ1n) is 5.12. The summed E-state index contributed by atoms with van der Waals surface area (Å²) in [4.78, 5) is 12.5. The van der Waals surface area contributed by atoms with Crippen molar-refractivity contribution in [3.63, 3.8) is 0 Å². The van der Waals surface area contributed by atoms with Crippen molar-refractivity contribution >= 4 is 11.8 Å². The van der Waals surface area contributed by atoms with E-state index in [1.807, 2.05) is 11.8 Å². The van der Waals surface area contributed by atoms with E-state index in [0.717, 1.165) is 6.54 Å². The second-order valence-electron chi connectivity index (χ2n) is 3.24. The molecule has 0 aromatic carbocycles. The summed E-state index contributed by atoms with van der Waals surface area (Å²) in [7, 11) is 0. The first kappa shape index (κ1) is 12.4. The number of nitrogens with zero attached hydrogens (tertiary/aromatic N) is 3. The van der Waals surface area contributed by atoms with Gasteiger partial charge in [-0.25, -0.2) is 4.79 Å². The molecule has 0 aliphatic carbocycles. The van der Waals surface area contributed by atoms with Crippen LogP contribution in [0.1, 0.15) is 23.8 Å². The predicted octanol–water partition coefficient (Wildman–Crippen LogP) is 0.383. The Bertz CT molecular complexity index is 340. The average molecular weight is 225 g/mol. The minimum Gasteiger partial charge on any atom is -0.476 e. The maximum Gasteiger partial charge on any atom is 0.356 e. The Morgan fingerprint density at radius 2 is 2.19 bits per heavy atom. The highest BCUT2D eigenvalue weighted by molar-refractivity contribution is 5.85. The Morgan fingerprint density at radius 1 is 1.44 bits per heavy atom. The average Bonchev–Trinajstić information content (AvgIpc) is 2.30. The van der Waals surface area contributed by atoms with Crippen LogP contribution in [0.2, 0.25) is 0 Å². The lowest BCUT2D eigenvalue weighted by molar-refractivity contribution is 0.0689. The Balaban J connectivity index is 2.74. The summed E-state index contributed by atoms with van der Waals surface area (Å²) in [5.74, 6) is -0.460. The lowest BCUT2D eigenvalue weighted by Gasteiger charge is -2.20. The molecule has 0 bridgehead atoms. The number of hydrogen-bond acceptors (Lipinski definition) is 5. The molecule has 0 atom stereocenters. The molecule has 1 rings (SSSR count).